The minimum Gasteiger partial charge on any atom is -0.369 e. The van der Waals surface area contributed by atoms with Crippen LogP contribution in [0.2, 0.25) is 5.02 Å². The van der Waals surface area contributed by atoms with Crippen molar-refractivity contribution < 1.29 is 9.18 Å². The zero-order chi connectivity index (χ0) is 15.5. The van der Waals surface area contributed by atoms with E-state index >= 15 is 0 Å². The summed E-state index contributed by atoms with van der Waals surface area (Å²) >= 11 is 5.69. The van der Waals surface area contributed by atoms with Crippen LogP contribution in [0.15, 0.2) is 30.5 Å². The van der Waals surface area contributed by atoms with E-state index in [1.165, 1.54) is 6.07 Å². The number of carbonyl (C=O) groups excluding carboxylic acids is 1. The molecule has 0 saturated carbocycles. The molecule has 1 saturated heterocycles. The highest BCUT2D eigenvalue weighted by Gasteiger charge is 2.24. The topological polar surface area (TPSA) is 61.0 Å². The predicted molar refractivity (Wildman–Crippen MR) is 82.5 cm³/mol. The first-order valence-corrected chi connectivity index (χ1v) is 7.47. The Kier molecular flexibility index (Phi) is 4.29. The molecule has 1 aromatic carbocycles. The van der Waals surface area contributed by atoms with Gasteiger partial charge in [-0.2, -0.15) is 5.10 Å². The molecule has 7 heteroatoms. The van der Waals surface area contributed by atoms with E-state index in [-0.39, 0.29) is 23.4 Å². The fourth-order valence-electron chi connectivity index (χ4n) is 2.63. The smallest absolute Gasteiger partial charge is 0.226 e. The molecule has 2 heterocycles. The van der Waals surface area contributed by atoms with E-state index in [2.05, 4.69) is 15.5 Å². The van der Waals surface area contributed by atoms with Crippen molar-refractivity contribution in [3.05, 3.63) is 47.0 Å². The highest BCUT2D eigenvalue weighted by Crippen LogP contribution is 2.25. The third kappa shape index (κ3) is 3.39. The summed E-state index contributed by atoms with van der Waals surface area (Å²) in [7, 11) is 0. The molecule has 2 N–H and O–H groups in total. The van der Waals surface area contributed by atoms with Gasteiger partial charge < -0.3 is 10.2 Å². The third-order valence-electron chi connectivity index (χ3n) is 3.73. The molecule has 2 aromatic rings. The highest BCUT2D eigenvalue weighted by molar-refractivity contribution is 6.30. The van der Waals surface area contributed by atoms with Crippen LogP contribution in [0, 0.1) is 5.82 Å². The van der Waals surface area contributed by atoms with Gasteiger partial charge in [0.25, 0.3) is 0 Å². The van der Waals surface area contributed by atoms with Gasteiger partial charge in [0.15, 0.2) is 0 Å². The van der Waals surface area contributed by atoms with Crippen molar-refractivity contribution in [2.75, 3.05) is 18.0 Å². The molecule has 22 heavy (non-hydrogen) atoms. The van der Waals surface area contributed by atoms with E-state index in [0.717, 1.165) is 24.3 Å². The van der Waals surface area contributed by atoms with E-state index < -0.39 is 5.82 Å². The molecule has 1 aliphatic rings. The summed E-state index contributed by atoms with van der Waals surface area (Å²) in [4.78, 5) is 14.0. The molecule has 1 atom stereocenters. The zero-order valence-electron chi connectivity index (χ0n) is 11.9. The van der Waals surface area contributed by atoms with Gasteiger partial charge in [0.1, 0.15) is 5.82 Å². The van der Waals surface area contributed by atoms with Gasteiger partial charge >= 0.3 is 0 Å². The van der Waals surface area contributed by atoms with Crippen LogP contribution in [0.3, 0.4) is 0 Å². The van der Waals surface area contributed by atoms with Crippen molar-refractivity contribution in [3.63, 3.8) is 0 Å². The van der Waals surface area contributed by atoms with Crippen LogP contribution in [0.4, 0.5) is 10.1 Å². The van der Waals surface area contributed by atoms with Gasteiger partial charge in [0.05, 0.1) is 11.4 Å². The van der Waals surface area contributed by atoms with Gasteiger partial charge in [-0.1, -0.05) is 11.6 Å². The molecule has 3 rings (SSSR count). The third-order valence-corrected chi connectivity index (χ3v) is 4.04. The Hall–Kier alpha value is -2.08. The molecule has 1 aromatic heterocycles. The fraction of sp³-hybridized carbons (Fsp3) is 0.333. The lowest BCUT2D eigenvalue weighted by Gasteiger charge is -2.19. The summed E-state index contributed by atoms with van der Waals surface area (Å²) in [6.45, 7) is 1.44. The van der Waals surface area contributed by atoms with Gasteiger partial charge in [-0.25, -0.2) is 4.39 Å². The lowest BCUT2D eigenvalue weighted by molar-refractivity contribution is -0.121. The van der Waals surface area contributed by atoms with Crippen LogP contribution in [0.1, 0.15) is 12.1 Å². The molecule has 0 aliphatic carbocycles. The fourth-order valence-corrected chi connectivity index (χ4v) is 2.75. The van der Waals surface area contributed by atoms with Gasteiger partial charge in [-0.05, 0) is 30.7 Å². The molecule has 5 nitrogen and oxygen atoms in total. The Morgan fingerprint density at radius 3 is 3.09 bits per heavy atom. The second-order valence-corrected chi connectivity index (χ2v) is 5.76. The van der Waals surface area contributed by atoms with E-state index in [1.807, 2.05) is 4.90 Å². The number of amides is 1. The van der Waals surface area contributed by atoms with Crippen molar-refractivity contribution in [3.8, 4) is 0 Å². The SMILES string of the molecule is O=C(Cc1ccn[nH]1)NC1CCN(c2ccc(Cl)c(F)c2)C1. The molecule has 1 fully saturated rings. The number of hydrogen-bond donors (Lipinski definition) is 2. The number of aromatic nitrogens is 2. The van der Waals surface area contributed by atoms with Crippen LogP contribution >= 0.6 is 11.6 Å². The van der Waals surface area contributed by atoms with Gasteiger partial charge in [0.2, 0.25) is 5.91 Å². The second-order valence-electron chi connectivity index (χ2n) is 5.36. The number of nitrogens with zero attached hydrogens (tertiary/aromatic N) is 2. The first-order valence-electron chi connectivity index (χ1n) is 7.09. The molecule has 1 amide bonds. The summed E-state index contributed by atoms with van der Waals surface area (Å²) in [6.07, 6.45) is 2.74. The summed E-state index contributed by atoms with van der Waals surface area (Å²) in [5, 5.41) is 9.69. The monoisotopic (exact) mass is 322 g/mol. The Morgan fingerprint density at radius 2 is 2.36 bits per heavy atom. The minimum absolute atomic E-state index is 0.0432. The van der Waals surface area contributed by atoms with Gasteiger partial charge in [0, 0.05) is 36.7 Å². The molecule has 1 unspecified atom stereocenters. The second kappa shape index (κ2) is 6.36. The lowest BCUT2D eigenvalue weighted by atomic mass is 10.2. The lowest BCUT2D eigenvalue weighted by Crippen LogP contribution is -2.38. The zero-order valence-corrected chi connectivity index (χ0v) is 12.6. The first-order chi connectivity index (χ1) is 10.6. The van der Waals surface area contributed by atoms with Crippen LogP contribution in [-0.2, 0) is 11.2 Å². The van der Waals surface area contributed by atoms with Crippen molar-refractivity contribution >= 4 is 23.2 Å². The van der Waals surface area contributed by atoms with Crippen LogP contribution < -0.4 is 10.2 Å². The highest BCUT2D eigenvalue weighted by atomic mass is 35.5. The number of benzene rings is 1. The number of H-pyrrole nitrogens is 1. The number of nitrogens with one attached hydrogen (secondary N) is 2. The van der Waals surface area contributed by atoms with Crippen LogP contribution in [0.5, 0.6) is 0 Å². The summed E-state index contributed by atoms with van der Waals surface area (Å²) < 4.78 is 13.5. The molecule has 0 spiro atoms. The number of halogens is 2. The summed E-state index contributed by atoms with van der Waals surface area (Å²) in [5.41, 5.74) is 1.57. The van der Waals surface area contributed by atoms with Gasteiger partial charge in [-0.15, -0.1) is 0 Å². The van der Waals surface area contributed by atoms with Crippen molar-refractivity contribution in [2.24, 2.45) is 0 Å². The van der Waals surface area contributed by atoms with E-state index in [4.69, 9.17) is 11.6 Å². The Balaban J connectivity index is 1.55. The van der Waals surface area contributed by atoms with Crippen LogP contribution in [-0.4, -0.2) is 35.2 Å². The molecule has 1 aliphatic heterocycles. The number of anilines is 1. The van der Waals surface area contributed by atoms with E-state index in [9.17, 15) is 9.18 Å². The Labute approximate surface area is 132 Å². The molecule has 116 valence electrons. The maximum Gasteiger partial charge on any atom is 0.226 e. The largest absolute Gasteiger partial charge is 0.369 e. The number of aromatic amines is 1. The first kappa shape index (κ1) is 14.8. The normalized spacial score (nSPS) is 17.7. The Bertz CT molecular complexity index is 662. The molecular weight excluding hydrogens is 307 g/mol. The van der Waals surface area contributed by atoms with E-state index in [0.29, 0.717) is 6.54 Å². The summed E-state index contributed by atoms with van der Waals surface area (Å²) in [6, 6.07) is 6.61. The minimum atomic E-state index is -0.425. The average molecular weight is 323 g/mol. The summed E-state index contributed by atoms with van der Waals surface area (Å²) in [5.74, 6) is -0.468. The maximum absolute atomic E-state index is 13.5. The predicted octanol–water partition coefficient (Wildman–Crippen LogP) is 2.14. The number of hydrogen-bond acceptors (Lipinski definition) is 3. The number of rotatable bonds is 4. The standard InChI is InChI=1S/C15H16ClFN4O/c16-13-2-1-12(8-14(13)17)21-6-4-11(9-21)19-15(22)7-10-3-5-18-20-10/h1-3,5,8,11H,4,6-7,9H2,(H,18,20)(H,19,22). The quantitative estimate of drug-likeness (QED) is 0.906. The van der Waals surface area contributed by atoms with Crippen molar-refractivity contribution in [1.29, 1.82) is 0 Å². The van der Waals surface area contributed by atoms with Crippen molar-refractivity contribution in [1.82, 2.24) is 15.5 Å². The van der Waals surface area contributed by atoms with Crippen molar-refractivity contribution in [2.45, 2.75) is 18.9 Å². The number of carbonyl (C=O) groups is 1. The van der Waals surface area contributed by atoms with Gasteiger partial charge in [-0.3, -0.25) is 9.89 Å². The average Bonchev–Trinajstić information content (AvgIpc) is 3.13. The molecular formula is C15H16ClFN4O. The van der Waals surface area contributed by atoms with E-state index in [1.54, 1.807) is 24.4 Å². The molecule has 0 radical (unpaired) electrons. The van der Waals surface area contributed by atoms with Crippen LogP contribution in [0.25, 0.3) is 0 Å². The Morgan fingerprint density at radius 1 is 1.50 bits per heavy atom. The molecule has 0 bridgehead atoms. The maximum atomic E-state index is 13.5.